The molecule has 64 heavy (non-hydrogen) atoms. The highest BCUT2D eigenvalue weighted by molar-refractivity contribution is 5.93. The molecular formula is C62H62N2. The van der Waals surface area contributed by atoms with Crippen LogP contribution >= 0.6 is 0 Å². The van der Waals surface area contributed by atoms with E-state index in [1.165, 1.54) is 142 Å². The number of rotatable bonds is 7. The predicted molar refractivity (Wildman–Crippen MR) is 276 cm³/mol. The van der Waals surface area contributed by atoms with Crippen LogP contribution in [0.5, 0.6) is 0 Å². The van der Waals surface area contributed by atoms with Gasteiger partial charge in [-0.1, -0.05) is 180 Å². The summed E-state index contributed by atoms with van der Waals surface area (Å²) in [5.74, 6) is 0. The van der Waals surface area contributed by atoms with Gasteiger partial charge in [0.1, 0.15) is 0 Å². The summed E-state index contributed by atoms with van der Waals surface area (Å²) < 4.78 is 0. The van der Waals surface area contributed by atoms with Gasteiger partial charge >= 0.3 is 0 Å². The molecule has 2 aliphatic heterocycles. The molecule has 0 N–H and O–H groups in total. The van der Waals surface area contributed by atoms with E-state index in [1.807, 2.05) is 13.8 Å². The van der Waals surface area contributed by atoms with Crippen LogP contribution < -0.4 is 9.80 Å². The van der Waals surface area contributed by atoms with Gasteiger partial charge in [-0.25, -0.2) is 0 Å². The molecular weight excluding hydrogens is 773 g/mol. The molecule has 2 spiro atoms. The minimum atomic E-state index is 0.0102. The van der Waals surface area contributed by atoms with E-state index < -0.39 is 0 Å². The molecule has 0 saturated heterocycles. The maximum atomic E-state index is 4.75. The predicted octanol–water partition coefficient (Wildman–Crippen LogP) is 16.8. The van der Waals surface area contributed by atoms with Crippen molar-refractivity contribution in [2.45, 2.75) is 95.8 Å². The lowest BCUT2D eigenvalue weighted by atomic mass is 9.76. The molecule has 0 atom stereocenters. The van der Waals surface area contributed by atoms with Crippen molar-refractivity contribution >= 4 is 52.1 Å². The summed E-state index contributed by atoms with van der Waals surface area (Å²) in [5, 5.41) is 0. The lowest BCUT2D eigenvalue weighted by Gasteiger charge is -2.33. The number of anilines is 4. The summed E-state index contributed by atoms with van der Waals surface area (Å²) in [5.41, 5.74) is 22.0. The van der Waals surface area contributed by atoms with Crippen LogP contribution in [0, 0.1) is 0 Å². The van der Waals surface area contributed by atoms with Crippen LogP contribution in [0.3, 0.4) is 0 Å². The van der Waals surface area contributed by atoms with Crippen LogP contribution in [0.2, 0.25) is 0 Å². The zero-order chi connectivity index (χ0) is 43.8. The van der Waals surface area contributed by atoms with E-state index in [0.29, 0.717) is 0 Å². The highest BCUT2D eigenvalue weighted by Gasteiger charge is 2.47. The first kappa shape index (κ1) is 41.6. The van der Waals surface area contributed by atoms with Crippen molar-refractivity contribution in [2.75, 3.05) is 16.3 Å². The summed E-state index contributed by atoms with van der Waals surface area (Å²) in [7, 11) is 0. The van der Waals surface area contributed by atoms with E-state index >= 15 is 0 Å². The van der Waals surface area contributed by atoms with Crippen molar-refractivity contribution in [3.63, 3.8) is 0 Å². The van der Waals surface area contributed by atoms with Gasteiger partial charge in [-0.15, -0.1) is 0 Å². The van der Waals surface area contributed by atoms with Gasteiger partial charge < -0.3 is 9.80 Å². The molecule has 0 aromatic heterocycles. The first-order valence-electron chi connectivity index (χ1n) is 24.1. The van der Waals surface area contributed by atoms with E-state index in [-0.39, 0.29) is 10.8 Å². The van der Waals surface area contributed by atoms with Crippen LogP contribution in [-0.4, -0.2) is 6.54 Å². The summed E-state index contributed by atoms with van der Waals surface area (Å²) in [6, 6.07) is 40.7. The maximum Gasteiger partial charge on any atom is 0.0534 e. The number of fused-ring (bicyclic) bond motifs is 7. The molecule has 2 heteroatoms. The van der Waals surface area contributed by atoms with Crippen molar-refractivity contribution in [1.29, 1.82) is 0 Å². The fourth-order valence-electron chi connectivity index (χ4n) is 12.0. The number of hydrogen-bond acceptors (Lipinski definition) is 2. The smallest absolute Gasteiger partial charge is 0.0534 e. The largest absolute Gasteiger partial charge is 0.341 e. The van der Waals surface area contributed by atoms with Gasteiger partial charge in [0, 0.05) is 34.4 Å². The van der Waals surface area contributed by atoms with Gasteiger partial charge in [-0.2, -0.15) is 0 Å². The summed E-state index contributed by atoms with van der Waals surface area (Å²) >= 11 is 0. The SMILES string of the molecule is C=C(/C=C1\C(=C)c2ccc(N3CCCc4ccccc43)cc2C12CCCC2)/C=C/c1ccc2c(c1)C1(C=C2/C=C\C(=C/C)N2c3ccccc3C=Cc3ccccc32)CCCC1.CC. The van der Waals surface area contributed by atoms with Crippen LogP contribution in [0.1, 0.15) is 123 Å². The monoisotopic (exact) mass is 834 g/mol. The highest BCUT2D eigenvalue weighted by Crippen LogP contribution is 2.59. The van der Waals surface area contributed by atoms with Gasteiger partial charge in [-0.05, 0) is 149 Å². The molecule has 2 fully saturated rings. The molecule has 0 unspecified atom stereocenters. The van der Waals surface area contributed by atoms with E-state index in [2.05, 4.69) is 187 Å². The van der Waals surface area contributed by atoms with E-state index in [0.717, 1.165) is 24.2 Å². The van der Waals surface area contributed by atoms with Crippen molar-refractivity contribution in [2.24, 2.45) is 0 Å². The lowest BCUT2D eigenvalue weighted by molar-refractivity contribution is 0.550. The number of aryl methyl sites for hydroxylation is 1. The first-order chi connectivity index (χ1) is 31.4. The Bertz CT molecular complexity index is 2790. The molecule has 0 bridgehead atoms. The Labute approximate surface area is 382 Å². The third-order valence-corrected chi connectivity index (χ3v) is 15.0. The van der Waals surface area contributed by atoms with Crippen LogP contribution in [0.4, 0.5) is 22.7 Å². The van der Waals surface area contributed by atoms with Gasteiger partial charge in [-0.3, -0.25) is 0 Å². The van der Waals surface area contributed by atoms with Crippen LogP contribution in [0.25, 0.3) is 29.4 Å². The molecule has 11 rings (SSSR count). The normalized spacial score (nSPS) is 19.4. The van der Waals surface area contributed by atoms with Crippen molar-refractivity contribution in [3.8, 4) is 0 Å². The number of para-hydroxylation sites is 3. The summed E-state index contributed by atoms with van der Waals surface area (Å²) in [6.45, 7) is 16.6. The molecule has 2 nitrogen and oxygen atoms in total. The van der Waals surface area contributed by atoms with E-state index in [1.54, 1.807) is 0 Å². The molecule has 0 amide bonds. The Hall–Kier alpha value is -6.38. The second kappa shape index (κ2) is 17.3. The number of nitrogens with zero attached hydrogens (tertiary/aromatic N) is 2. The topological polar surface area (TPSA) is 6.48 Å². The first-order valence-corrected chi connectivity index (χ1v) is 24.1. The van der Waals surface area contributed by atoms with Crippen LogP contribution in [0.15, 0.2) is 176 Å². The molecule has 6 aliphatic rings. The van der Waals surface area contributed by atoms with E-state index in [9.17, 15) is 0 Å². The Morgan fingerprint density at radius 2 is 1.31 bits per heavy atom. The Kier molecular flexibility index (Phi) is 11.3. The van der Waals surface area contributed by atoms with Crippen molar-refractivity contribution in [1.82, 2.24) is 0 Å². The standard InChI is InChI=1S/C60H56N2.C2H6/c1-4-49(62-57-21-9-6-17-46(57)26-27-47-18-7-10-22-58(47)62)29-28-48-41-59(33-11-12-34-59)54-39-44(25-31-52(48)54)24-23-42(2)38-53-43(3)51-32-30-50(40-55(51)60(53)35-13-14-36-60)61-37-15-19-45-16-5-8-20-56(45)61;1-2/h4-10,16-18,20-32,38-41H,2-3,11-15,19,33-37H2,1H3;1-2H3/b24-23+,29-28-,49-4+,53-38+;. The zero-order valence-corrected chi connectivity index (χ0v) is 38.2. The third kappa shape index (κ3) is 7.12. The molecule has 2 saturated carbocycles. The molecule has 0 radical (unpaired) electrons. The quantitative estimate of drug-likeness (QED) is 0.151. The average Bonchev–Trinajstić information content (AvgIpc) is 4.12. The number of hydrogen-bond donors (Lipinski definition) is 0. The van der Waals surface area contributed by atoms with Gasteiger partial charge in [0.25, 0.3) is 0 Å². The summed E-state index contributed by atoms with van der Waals surface area (Å²) in [6.07, 6.45) is 33.0. The number of benzene rings is 5. The molecule has 5 aromatic carbocycles. The number of allylic oxidation sites excluding steroid dienone is 10. The molecule has 320 valence electrons. The Balaban J connectivity index is 0.00000239. The van der Waals surface area contributed by atoms with Crippen molar-refractivity contribution in [3.05, 3.63) is 220 Å². The zero-order valence-electron chi connectivity index (χ0n) is 38.2. The highest BCUT2D eigenvalue weighted by atomic mass is 15.2. The second-order valence-electron chi connectivity index (χ2n) is 18.4. The fraction of sp³-hybridized carbons (Fsp3) is 0.258. The Morgan fingerprint density at radius 3 is 2.03 bits per heavy atom. The van der Waals surface area contributed by atoms with Gasteiger partial charge in [0.2, 0.25) is 0 Å². The minimum absolute atomic E-state index is 0.0102. The third-order valence-electron chi connectivity index (χ3n) is 15.0. The summed E-state index contributed by atoms with van der Waals surface area (Å²) in [4.78, 5) is 4.96. The van der Waals surface area contributed by atoms with E-state index in [4.69, 9.17) is 6.58 Å². The minimum Gasteiger partial charge on any atom is -0.341 e. The van der Waals surface area contributed by atoms with Gasteiger partial charge in [0.05, 0.1) is 11.4 Å². The molecule has 2 heterocycles. The molecule has 5 aromatic rings. The maximum absolute atomic E-state index is 4.75. The lowest BCUT2D eigenvalue weighted by Crippen LogP contribution is -2.25. The molecule has 4 aliphatic carbocycles. The Morgan fingerprint density at radius 1 is 0.656 bits per heavy atom. The van der Waals surface area contributed by atoms with Crippen molar-refractivity contribution < 1.29 is 0 Å². The average molecular weight is 835 g/mol. The van der Waals surface area contributed by atoms with Gasteiger partial charge in [0.15, 0.2) is 0 Å². The second-order valence-corrected chi connectivity index (χ2v) is 18.4. The fourth-order valence-corrected chi connectivity index (χ4v) is 12.0. The van der Waals surface area contributed by atoms with Crippen LogP contribution in [-0.2, 0) is 17.3 Å².